The molecule has 6 nitrogen and oxygen atoms in total. The van der Waals surface area contributed by atoms with E-state index in [4.69, 9.17) is 10.8 Å². The number of amides is 2. The lowest BCUT2D eigenvalue weighted by Crippen LogP contribution is -2.40. The maximum atomic E-state index is 12.5. The summed E-state index contributed by atoms with van der Waals surface area (Å²) in [7, 11) is 0. The quantitative estimate of drug-likeness (QED) is 0.744. The van der Waals surface area contributed by atoms with Gasteiger partial charge in [0.15, 0.2) is 0 Å². The molecule has 4 N–H and O–H groups in total. The Labute approximate surface area is 143 Å². The average molecular weight is 345 g/mol. The molecule has 2 heterocycles. The van der Waals surface area contributed by atoms with E-state index in [9.17, 15) is 9.59 Å². The number of carbonyl (C=O) groups is 2. The lowest BCUT2D eigenvalue weighted by molar-refractivity contribution is -0.121. The predicted octanol–water partition coefficient (Wildman–Crippen LogP) is 3.33. The summed E-state index contributed by atoms with van der Waals surface area (Å²) >= 11 is 1.63. The van der Waals surface area contributed by atoms with E-state index >= 15 is 0 Å². The number of piperidine rings is 1. The number of nitrogens with two attached hydrogens (primary N) is 1. The van der Waals surface area contributed by atoms with Crippen molar-refractivity contribution in [2.24, 2.45) is 5.92 Å². The first-order valence-corrected chi connectivity index (χ1v) is 8.64. The molecular formula is C17H19N3O3S. The van der Waals surface area contributed by atoms with Crippen molar-refractivity contribution in [2.75, 3.05) is 24.1 Å². The number of anilines is 2. The first-order valence-electron chi connectivity index (χ1n) is 7.76. The molecule has 1 aliphatic heterocycles. The van der Waals surface area contributed by atoms with Crippen LogP contribution in [0.25, 0.3) is 10.4 Å². The molecule has 0 saturated carbocycles. The standard InChI is InChI=1S/C17H19N3O3S/c18-13-4-3-12(15-2-1-9-24-15)10-14(13)19-16(21)11-5-7-20(8-6-11)17(22)23/h1-4,9-11H,5-8,18H2,(H,19,21)(H,22,23). The molecule has 0 spiro atoms. The lowest BCUT2D eigenvalue weighted by atomic mass is 9.96. The number of rotatable bonds is 3. The molecule has 0 atom stereocenters. The van der Waals surface area contributed by atoms with Gasteiger partial charge in [-0.1, -0.05) is 12.1 Å². The topological polar surface area (TPSA) is 95.7 Å². The number of carboxylic acid groups (broad SMARTS) is 1. The number of likely N-dealkylation sites (tertiary alicyclic amines) is 1. The van der Waals surface area contributed by atoms with Crippen molar-refractivity contribution in [3.05, 3.63) is 35.7 Å². The van der Waals surface area contributed by atoms with E-state index in [2.05, 4.69) is 5.32 Å². The minimum absolute atomic E-state index is 0.102. The Morgan fingerprint density at radius 2 is 2.00 bits per heavy atom. The fraction of sp³-hybridized carbons (Fsp3) is 0.294. The predicted molar refractivity (Wildman–Crippen MR) is 95.1 cm³/mol. The van der Waals surface area contributed by atoms with Gasteiger partial charge in [-0.2, -0.15) is 0 Å². The summed E-state index contributed by atoms with van der Waals surface area (Å²) in [6.45, 7) is 0.774. The van der Waals surface area contributed by atoms with Gasteiger partial charge in [-0.05, 0) is 42.0 Å². The number of hydrogen-bond acceptors (Lipinski definition) is 4. The van der Waals surface area contributed by atoms with Crippen LogP contribution in [0.3, 0.4) is 0 Å². The van der Waals surface area contributed by atoms with Crippen LogP contribution in [-0.4, -0.2) is 35.1 Å². The van der Waals surface area contributed by atoms with Gasteiger partial charge in [0.1, 0.15) is 0 Å². The molecule has 1 aromatic heterocycles. The van der Waals surface area contributed by atoms with Crippen LogP contribution < -0.4 is 11.1 Å². The van der Waals surface area contributed by atoms with Crippen LogP contribution in [0.15, 0.2) is 35.7 Å². The summed E-state index contributed by atoms with van der Waals surface area (Å²) < 4.78 is 0. The van der Waals surface area contributed by atoms with E-state index in [0.717, 1.165) is 10.4 Å². The summed E-state index contributed by atoms with van der Waals surface area (Å²) in [5, 5.41) is 13.9. The minimum Gasteiger partial charge on any atom is -0.465 e. The van der Waals surface area contributed by atoms with E-state index in [0.29, 0.717) is 37.3 Å². The van der Waals surface area contributed by atoms with Gasteiger partial charge in [0.05, 0.1) is 11.4 Å². The maximum Gasteiger partial charge on any atom is 0.407 e. The second-order valence-corrected chi connectivity index (χ2v) is 6.76. The molecule has 1 fully saturated rings. The first-order chi connectivity index (χ1) is 11.5. The van der Waals surface area contributed by atoms with Crippen LogP contribution in [0.4, 0.5) is 16.2 Å². The van der Waals surface area contributed by atoms with Crippen LogP contribution in [0.1, 0.15) is 12.8 Å². The van der Waals surface area contributed by atoms with E-state index in [1.807, 2.05) is 29.6 Å². The Balaban J connectivity index is 1.68. The SMILES string of the molecule is Nc1ccc(-c2cccs2)cc1NC(=O)C1CCN(C(=O)O)CC1. The van der Waals surface area contributed by atoms with Crippen LogP contribution in [0.5, 0.6) is 0 Å². The van der Waals surface area contributed by atoms with Crippen molar-refractivity contribution >= 4 is 34.7 Å². The molecule has 0 aliphatic carbocycles. The highest BCUT2D eigenvalue weighted by atomic mass is 32.1. The smallest absolute Gasteiger partial charge is 0.407 e. The van der Waals surface area contributed by atoms with Gasteiger partial charge in [-0.25, -0.2) is 4.79 Å². The highest BCUT2D eigenvalue weighted by Crippen LogP contribution is 2.31. The molecule has 2 amide bonds. The van der Waals surface area contributed by atoms with Gasteiger partial charge >= 0.3 is 6.09 Å². The third kappa shape index (κ3) is 3.51. The molecular weight excluding hydrogens is 326 g/mol. The number of hydrogen-bond donors (Lipinski definition) is 3. The Kier molecular flexibility index (Phi) is 4.71. The molecule has 0 unspecified atom stereocenters. The highest BCUT2D eigenvalue weighted by Gasteiger charge is 2.27. The van der Waals surface area contributed by atoms with Crippen LogP contribution in [0, 0.1) is 5.92 Å². The van der Waals surface area contributed by atoms with E-state index in [-0.39, 0.29) is 11.8 Å². The molecule has 0 radical (unpaired) electrons. The van der Waals surface area contributed by atoms with E-state index in [1.54, 1.807) is 17.4 Å². The Morgan fingerprint density at radius 3 is 2.62 bits per heavy atom. The van der Waals surface area contributed by atoms with Crippen LogP contribution >= 0.6 is 11.3 Å². The number of nitrogens with zero attached hydrogens (tertiary/aromatic N) is 1. The summed E-state index contributed by atoms with van der Waals surface area (Å²) in [6, 6.07) is 9.60. The number of nitrogen functional groups attached to an aromatic ring is 1. The van der Waals surface area contributed by atoms with Crippen LogP contribution in [0.2, 0.25) is 0 Å². The fourth-order valence-electron chi connectivity index (χ4n) is 2.83. The Morgan fingerprint density at radius 1 is 1.25 bits per heavy atom. The largest absolute Gasteiger partial charge is 0.465 e. The molecule has 7 heteroatoms. The first kappa shape index (κ1) is 16.3. The van der Waals surface area contributed by atoms with Gasteiger partial charge in [0.2, 0.25) is 5.91 Å². The van der Waals surface area contributed by atoms with Crippen molar-refractivity contribution in [2.45, 2.75) is 12.8 Å². The zero-order valence-electron chi connectivity index (χ0n) is 13.1. The summed E-state index contributed by atoms with van der Waals surface area (Å²) in [5.41, 5.74) is 8.12. The van der Waals surface area contributed by atoms with E-state index in [1.165, 1.54) is 4.90 Å². The molecule has 1 aromatic carbocycles. The number of benzene rings is 1. The van der Waals surface area contributed by atoms with Gasteiger partial charge in [-0.3, -0.25) is 4.79 Å². The maximum absolute atomic E-state index is 12.5. The van der Waals surface area contributed by atoms with Crippen LogP contribution in [-0.2, 0) is 4.79 Å². The Hall–Kier alpha value is -2.54. The average Bonchev–Trinajstić information content (AvgIpc) is 3.11. The molecule has 2 aromatic rings. The molecule has 126 valence electrons. The number of carbonyl (C=O) groups excluding carboxylic acids is 1. The van der Waals surface area contributed by atoms with Crippen molar-refractivity contribution in [1.82, 2.24) is 4.90 Å². The summed E-state index contributed by atoms with van der Waals surface area (Å²) in [5.74, 6) is -0.291. The fourth-order valence-corrected chi connectivity index (χ4v) is 3.55. The van der Waals surface area contributed by atoms with Crippen molar-refractivity contribution in [3.8, 4) is 10.4 Å². The zero-order chi connectivity index (χ0) is 17.1. The van der Waals surface area contributed by atoms with Crippen molar-refractivity contribution < 1.29 is 14.7 Å². The minimum atomic E-state index is -0.929. The zero-order valence-corrected chi connectivity index (χ0v) is 13.9. The number of nitrogens with one attached hydrogen (secondary N) is 1. The third-order valence-electron chi connectivity index (χ3n) is 4.25. The van der Waals surface area contributed by atoms with Crippen molar-refractivity contribution in [3.63, 3.8) is 0 Å². The van der Waals surface area contributed by atoms with Crippen molar-refractivity contribution in [1.29, 1.82) is 0 Å². The second kappa shape index (κ2) is 6.92. The summed E-state index contributed by atoms with van der Waals surface area (Å²) in [6.07, 6.45) is 0.132. The summed E-state index contributed by atoms with van der Waals surface area (Å²) in [4.78, 5) is 25.8. The van der Waals surface area contributed by atoms with Gasteiger partial charge in [0.25, 0.3) is 0 Å². The second-order valence-electron chi connectivity index (χ2n) is 5.81. The third-order valence-corrected chi connectivity index (χ3v) is 5.17. The molecule has 1 aliphatic rings. The van der Waals surface area contributed by atoms with Gasteiger partial charge < -0.3 is 21.1 Å². The highest BCUT2D eigenvalue weighted by molar-refractivity contribution is 7.13. The molecule has 3 rings (SSSR count). The Bertz CT molecular complexity index is 738. The van der Waals surface area contributed by atoms with E-state index < -0.39 is 6.09 Å². The molecule has 24 heavy (non-hydrogen) atoms. The van der Waals surface area contributed by atoms with Gasteiger partial charge in [0, 0.05) is 23.9 Å². The molecule has 0 bridgehead atoms. The number of thiophene rings is 1. The molecule has 1 saturated heterocycles. The lowest BCUT2D eigenvalue weighted by Gasteiger charge is -2.29. The van der Waals surface area contributed by atoms with Gasteiger partial charge in [-0.15, -0.1) is 11.3 Å². The monoisotopic (exact) mass is 345 g/mol. The normalized spacial score (nSPS) is 15.2.